The molecule has 2 N–H and O–H groups in total. The molecule has 1 unspecified atom stereocenters. The topological polar surface area (TPSA) is 92.0 Å². The van der Waals surface area contributed by atoms with Crippen LogP contribution in [0.2, 0.25) is 0 Å². The number of aromatic nitrogens is 5. The van der Waals surface area contributed by atoms with E-state index in [9.17, 15) is 0 Å². The second-order valence-electron chi connectivity index (χ2n) is 5.09. The van der Waals surface area contributed by atoms with Crippen molar-refractivity contribution in [2.75, 3.05) is 37.0 Å². The Morgan fingerprint density at radius 1 is 1.33 bits per heavy atom. The molecule has 1 fully saturated rings. The van der Waals surface area contributed by atoms with Crippen LogP contribution in [-0.4, -0.2) is 56.4 Å². The van der Waals surface area contributed by atoms with Crippen molar-refractivity contribution in [3.63, 3.8) is 0 Å². The Morgan fingerprint density at radius 2 is 2.19 bits per heavy atom. The van der Waals surface area contributed by atoms with Gasteiger partial charge in [0.25, 0.3) is 0 Å². The van der Waals surface area contributed by atoms with Crippen molar-refractivity contribution in [1.29, 1.82) is 0 Å². The van der Waals surface area contributed by atoms with E-state index in [2.05, 4.69) is 30.2 Å². The third kappa shape index (κ3) is 2.94. The Kier molecular flexibility index (Phi) is 3.96. The molecule has 0 bridgehead atoms. The lowest BCUT2D eigenvalue weighted by Crippen LogP contribution is -2.24. The van der Waals surface area contributed by atoms with Gasteiger partial charge >= 0.3 is 0 Å². The number of aliphatic hydroxyl groups excluding tert-OH is 1. The van der Waals surface area contributed by atoms with Gasteiger partial charge in [0, 0.05) is 39.1 Å². The zero-order valence-corrected chi connectivity index (χ0v) is 12.0. The maximum Gasteiger partial charge on any atom is 0.241 e. The van der Waals surface area contributed by atoms with Crippen LogP contribution < -0.4 is 10.2 Å². The summed E-state index contributed by atoms with van der Waals surface area (Å²) in [4.78, 5) is 19.5. The SMILES string of the molecule is CNc1nc(N2CCC(CCO)C2)nc(-n2ccnc2)n1. The summed E-state index contributed by atoms with van der Waals surface area (Å²) in [5, 5.41) is 12.0. The van der Waals surface area contributed by atoms with Crippen LogP contribution in [0.4, 0.5) is 11.9 Å². The fraction of sp³-hybridized carbons (Fsp3) is 0.538. The molecule has 2 aromatic rings. The van der Waals surface area contributed by atoms with Crippen molar-refractivity contribution in [3.05, 3.63) is 18.7 Å². The second-order valence-corrected chi connectivity index (χ2v) is 5.09. The zero-order chi connectivity index (χ0) is 14.7. The number of hydrogen-bond acceptors (Lipinski definition) is 7. The van der Waals surface area contributed by atoms with Crippen molar-refractivity contribution in [3.8, 4) is 5.95 Å². The van der Waals surface area contributed by atoms with Crippen molar-refractivity contribution < 1.29 is 5.11 Å². The quantitative estimate of drug-likeness (QED) is 0.818. The Hall–Kier alpha value is -2.22. The molecule has 0 aliphatic carbocycles. The van der Waals surface area contributed by atoms with E-state index in [1.165, 1.54) is 0 Å². The minimum absolute atomic E-state index is 0.234. The number of rotatable bonds is 5. The first-order chi connectivity index (χ1) is 10.3. The Balaban J connectivity index is 1.87. The second kappa shape index (κ2) is 6.04. The summed E-state index contributed by atoms with van der Waals surface area (Å²) in [7, 11) is 1.79. The van der Waals surface area contributed by atoms with Gasteiger partial charge in [0.2, 0.25) is 17.8 Å². The lowest BCUT2D eigenvalue weighted by atomic mass is 10.1. The fourth-order valence-corrected chi connectivity index (χ4v) is 2.53. The number of aliphatic hydroxyl groups is 1. The number of hydrogen-bond donors (Lipinski definition) is 2. The van der Waals surface area contributed by atoms with Gasteiger partial charge in [-0.3, -0.25) is 4.57 Å². The molecular weight excluding hydrogens is 270 g/mol. The van der Waals surface area contributed by atoms with Crippen LogP contribution in [0.25, 0.3) is 5.95 Å². The first-order valence-electron chi connectivity index (χ1n) is 7.08. The van der Waals surface area contributed by atoms with E-state index in [1.807, 2.05) is 0 Å². The molecule has 1 saturated heterocycles. The molecule has 0 aromatic carbocycles. The first-order valence-corrected chi connectivity index (χ1v) is 7.08. The molecule has 8 heteroatoms. The highest BCUT2D eigenvalue weighted by Crippen LogP contribution is 2.24. The smallest absolute Gasteiger partial charge is 0.241 e. The average molecular weight is 289 g/mol. The summed E-state index contributed by atoms with van der Waals surface area (Å²) >= 11 is 0. The highest BCUT2D eigenvalue weighted by molar-refractivity contribution is 5.40. The van der Waals surface area contributed by atoms with Crippen LogP contribution in [0.5, 0.6) is 0 Å². The summed E-state index contributed by atoms with van der Waals surface area (Å²) < 4.78 is 1.76. The molecule has 1 atom stereocenters. The number of nitrogens with zero attached hydrogens (tertiary/aromatic N) is 6. The normalized spacial score (nSPS) is 18.2. The van der Waals surface area contributed by atoms with Crippen LogP contribution in [0.1, 0.15) is 12.8 Å². The molecule has 0 amide bonds. The minimum atomic E-state index is 0.234. The summed E-state index contributed by atoms with van der Waals surface area (Å²) in [6, 6.07) is 0. The molecule has 112 valence electrons. The van der Waals surface area contributed by atoms with Crippen molar-refractivity contribution >= 4 is 11.9 Å². The molecule has 1 aliphatic rings. The molecule has 3 rings (SSSR count). The molecule has 3 heterocycles. The van der Waals surface area contributed by atoms with E-state index in [0.717, 1.165) is 25.9 Å². The highest BCUT2D eigenvalue weighted by Gasteiger charge is 2.25. The van der Waals surface area contributed by atoms with Crippen molar-refractivity contribution in [2.45, 2.75) is 12.8 Å². The summed E-state index contributed by atoms with van der Waals surface area (Å²) in [5.41, 5.74) is 0. The van der Waals surface area contributed by atoms with Crippen LogP contribution in [0.3, 0.4) is 0 Å². The molecule has 0 radical (unpaired) electrons. The van der Waals surface area contributed by atoms with E-state index in [4.69, 9.17) is 5.11 Å². The third-order valence-electron chi connectivity index (χ3n) is 3.68. The van der Waals surface area contributed by atoms with Gasteiger partial charge in [0.15, 0.2) is 0 Å². The van der Waals surface area contributed by atoms with E-state index >= 15 is 0 Å². The van der Waals surface area contributed by atoms with Crippen LogP contribution in [0.15, 0.2) is 18.7 Å². The van der Waals surface area contributed by atoms with Crippen LogP contribution in [-0.2, 0) is 0 Å². The zero-order valence-electron chi connectivity index (χ0n) is 12.0. The van der Waals surface area contributed by atoms with Crippen molar-refractivity contribution in [1.82, 2.24) is 24.5 Å². The number of nitrogens with one attached hydrogen (secondary N) is 1. The van der Waals surface area contributed by atoms with E-state index in [0.29, 0.717) is 23.8 Å². The number of anilines is 2. The van der Waals surface area contributed by atoms with Gasteiger partial charge in [-0.2, -0.15) is 15.0 Å². The molecule has 8 nitrogen and oxygen atoms in total. The minimum Gasteiger partial charge on any atom is -0.396 e. The predicted octanol–water partition coefficient (Wildman–Crippen LogP) is 0.308. The molecule has 0 saturated carbocycles. The summed E-state index contributed by atoms with van der Waals surface area (Å²) in [5.74, 6) is 2.25. The van der Waals surface area contributed by atoms with Gasteiger partial charge in [-0.25, -0.2) is 4.98 Å². The molecule has 2 aromatic heterocycles. The van der Waals surface area contributed by atoms with E-state index in [1.54, 1.807) is 30.3 Å². The molecular formula is C13H19N7O. The largest absolute Gasteiger partial charge is 0.396 e. The van der Waals surface area contributed by atoms with E-state index < -0.39 is 0 Å². The van der Waals surface area contributed by atoms with Gasteiger partial charge in [-0.1, -0.05) is 0 Å². The Labute approximate surface area is 122 Å². The molecule has 21 heavy (non-hydrogen) atoms. The van der Waals surface area contributed by atoms with Gasteiger partial charge < -0.3 is 15.3 Å². The van der Waals surface area contributed by atoms with Gasteiger partial charge in [0.1, 0.15) is 6.33 Å². The lowest BCUT2D eigenvalue weighted by Gasteiger charge is -2.17. The van der Waals surface area contributed by atoms with Gasteiger partial charge in [-0.15, -0.1) is 0 Å². The first kappa shape index (κ1) is 13.7. The standard InChI is InChI=1S/C13H19N7O/c1-14-11-16-12(19-5-2-10(8-19)3-7-21)18-13(17-11)20-6-4-15-9-20/h4,6,9-10,21H,2-3,5,7-8H2,1H3,(H,14,16,17,18). The predicted molar refractivity (Wildman–Crippen MR) is 78.5 cm³/mol. The number of imidazole rings is 1. The maximum absolute atomic E-state index is 9.05. The average Bonchev–Trinajstić information content (AvgIpc) is 3.18. The Bertz CT molecular complexity index is 586. The lowest BCUT2D eigenvalue weighted by molar-refractivity contribution is 0.263. The van der Waals surface area contributed by atoms with Gasteiger partial charge in [-0.05, 0) is 18.8 Å². The fourth-order valence-electron chi connectivity index (χ4n) is 2.53. The summed E-state index contributed by atoms with van der Waals surface area (Å²) in [6.45, 7) is 2.01. The monoisotopic (exact) mass is 289 g/mol. The van der Waals surface area contributed by atoms with Gasteiger partial charge in [0.05, 0.1) is 0 Å². The third-order valence-corrected chi connectivity index (χ3v) is 3.68. The highest BCUT2D eigenvalue weighted by atomic mass is 16.3. The summed E-state index contributed by atoms with van der Waals surface area (Å²) in [6.07, 6.45) is 7.04. The van der Waals surface area contributed by atoms with E-state index in [-0.39, 0.29) is 6.61 Å². The Morgan fingerprint density at radius 3 is 2.90 bits per heavy atom. The van der Waals surface area contributed by atoms with Crippen LogP contribution >= 0.6 is 0 Å². The van der Waals surface area contributed by atoms with Crippen molar-refractivity contribution in [2.24, 2.45) is 5.92 Å². The molecule has 0 spiro atoms. The molecule has 1 aliphatic heterocycles. The maximum atomic E-state index is 9.05. The van der Waals surface area contributed by atoms with Crippen LogP contribution in [0, 0.1) is 5.92 Å².